The van der Waals surface area contributed by atoms with Crippen LogP contribution in [0.3, 0.4) is 0 Å². The highest BCUT2D eigenvalue weighted by molar-refractivity contribution is 6.39. The zero-order chi connectivity index (χ0) is 35.0. The summed E-state index contributed by atoms with van der Waals surface area (Å²) in [6.07, 6.45) is 4.45. The van der Waals surface area contributed by atoms with E-state index in [1.165, 1.54) is 10.5 Å². The van der Waals surface area contributed by atoms with Crippen LogP contribution in [0.15, 0.2) is 77.7 Å². The maximum atomic E-state index is 12.9. The van der Waals surface area contributed by atoms with E-state index in [4.69, 9.17) is 37.9 Å². The van der Waals surface area contributed by atoms with Crippen molar-refractivity contribution in [1.82, 2.24) is 30.3 Å². The van der Waals surface area contributed by atoms with Crippen molar-refractivity contribution in [3.8, 4) is 39.4 Å². The molecule has 1 aliphatic heterocycles. The number of fused-ring (bicyclic) bond motifs is 1. The number of nitrogens with zero attached hydrogens (tertiary/aromatic N) is 3. The molecule has 2 aromatic carbocycles. The Morgan fingerprint density at radius 1 is 0.960 bits per heavy atom. The molecule has 1 saturated carbocycles. The number of ether oxygens (including phenoxy) is 1. The number of aromatic nitrogens is 3. The second kappa shape index (κ2) is 14.1. The Balaban J connectivity index is 1.13. The van der Waals surface area contributed by atoms with Crippen LogP contribution in [-0.4, -0.2) is 56.7 Å². The first-order valence-electron chi connectivity index (χ1n) is 16.7. The van der Waals surface area contributed by atoms with Crippen LogP contribution in [0.4, 0.5) is 0 Å². The lowest BCUT2D eigenvalue weighted by Crippen LogP contribution is -2.51. The molecule has 2 aliphatic rings. The van der Waals surface area contributed by atoms with Crippen molar-refractivity contribution in [3.05, 3.63) is 105 Å². The van der Waals surface area contributed by atoms with Crippen molar-refractivity contribution in [3.63, 3.8) is 0 Å². The highest BCUT2D eigenvalue weighted by Gasteiger charge is 2.37. The second-order valence-corrected chi connectivity index (χ2v) is 14.1. The molecule has 12 heteroatoms. The number of aliphatic hydroxyl groups is 1. The summed E-state index contributed by atoms with van der Waals surface area (Å²) in [4.78, 5) is 34.0. The van der Waals surface area contributed by atoms with Crippen LogP contribution >= 0.6 is 23.2 Å². The van der Waals surface area contributed by atoms with Crippen molar-refractivity contribution < 1.29 is 14.6 Å². The van der Waals surface area contributed by atoms with Gasteiger partial charge in [-0.1, -0.05) is 65.7 Å². The van der Waals surface area contributed by atoms with Gasteiger partial charge in [-0.05, 0) is 49.9 Å². The first kappa shape index (κ1) is 34.1. The van der Waals surface area contributed by atoms with Gasteiger partial charge in [-0.3, -0.25) is 14.0 Å². The number of methoxy groups -OCH3 is 1. The molecule has 50 heavy (non-hydrogen) atoms. The number of carbonyl (C=O) groups is 1. The third kappa shape index (κ3) is 7.12. The van der Waals surface area contributed by atoms with Gasteiger partial charge < -0.3 is 25.8 Å². The summed E-state index contributed by atoms with van der Waals surface area (Å²) in [5.74, 6) is 0.585. The lowest BCUT2D eigenvalue weighted by molar-refractivity contribution is -0.119. The molecule has 2 fully saturated rings. The van der Waals surface area contributed by atoms with Crippen LogP contribution in [0.2, 0.25) is 10.0 Å². The number of hydrogen-bond acceptors (Lipinski definition) is 8. The predicted molar refractivity (Wildman–Crippen MR) is 195 cm³/mol. The standard InChI is InChI=1S/C38H38Cl2N6O4/c1-38(49)17-26(18-38)42-21-25-16-34(48)46-14-13-22(15-32(46)43-25)27-5-3-6-28(35(27)39)29-7-4-8-30(36(29)40)31-11-9-23(37(45-31)50-2)19-41-20-24-10-12-33(47)44-24/h3-9,11,13-16,24,26,41-42,49H,10,12,17-21H2,1-2H3,(H,44,47)/t24-,26?,38?/m1/s1. The summed E-state index contributed by atoms with van der Waals surface area (Å²) in [6.45, 7) is 3.47. The molecule has 1 saturated heterocycles. The molecular weight excluding hydrogens is 675 g/mol. The van der Waals surface area contributed by atoms with Crippen LogP contribution in [-0.2, 0) is 17.9 Å². The van der Waals surface area contributed by atoms with Crippen molar-refractivity contribution in [2.24, 2.45) is 0 Å². The van der Waals surface area contributed by atoms with E-state index in [1.807, 2.05) is 67.6 Å². The van der Waals surface area contributed by atoms with E-state index in [-0.39, 0.29) is 23.6 Å². The summed E-state index contributed by atoms with van der Waals surface area (Å²) >= 11 is 14.2. The van der Waals surface area contributed by atoms with Gasteiger partial charge in [0.15, 0.2) is 0 Å². The third-order valence-corrected chi connectivity index (χ3v) is 10.3. The summed E-state index contributed by atoms with van der Waals surface area (Å²) in [7, 11) is 1.59. The molecule has 0 bridgehead atoms. The smallest absolute Gasteiger partial charge is 0.258 e. The van der Waals surface area contributed by atoms with Crippen LogP contribution < -0.4 is 26.2 Å². The van der Waals surface area contributed by atoms with Crippen molar-refractivity contribution in [2.75, 3.05) is 13.7 Å². The second-order valence-electron chi connectivity index (χ2n) is 13.3. The van der Waals surface area contributed by atoms with Crippen LogP contribution in [0.5, 0.6) is 5.88 Å². The van der Waals surface area contributed by atoms with E-state index in [9.17, 15) is 14.7 Å². The van der Waals surface area contributed by atoms with Gasteiger partial charge in [-0.15, -0.1) is 0 Å². The fourth-order valence-electron chi connectivity index (χ4n) is 6.85. The van der Waals surface area contributed by atoms with Gasteiger partial charge in [0.25, 0.3) is 5.56 Å². The Kier molecular flexibility index (Phi) is 9.65. The van der Waals surface area contributed by atoms with Crippen molar-refractivity contribution in [1.29, 1.82) is 0 Å². The summed E-state index contributed by atoms with van der Waals surface area (Å²) in [6, 6.07) is 21.0. The minimum absolute atomic E-state index is 0.0935. The maximum absolute atomic E-state index is 12.9. The van der Waals surface area contributed by atoms with Gasteiger partial charge in [0.1, 0.15) is 5.65 Å². The fourth-order valence-corrected chi connectivity index (χ4v) is 7.51. The van der Waals surface area contributed by atoms with Crippen molar-refractivity contribution >= 4 is 34.8 Å². The molecule has 1 atom stereocenters. The van der Waals surface area contributed by atoms with Crippen LogP contribution in [0.25, 0.3) is 39.2 Å². The number of benzene rings is 2. The number of rotatable bonds is 11. The predicted octanol–water partition coefficient (Wildman–Crippen LogP) is 5.78. The van der Waals surface area contributed by atoms with E-state index in [0.29, 0.717) is 71.9 Å². The molecular formula is C38H38Cl2N6O4. The number of carbonyl (C=O) groups excluding carboxylic acids is 1. The average Bonchev–Trinajstić information content (AvgIpc) is 3.51. The van der Waals surface area contributed by atoms with E-state index in [0.717, 1.165) is 39.8 Å². The van der Waals surface area contributed by atoms with E-state index in [1.54, 1.807) is 13.3 Å². The average molecular weight is 714 g/mol. The van der Waals surface area contributed by atoms with Gasteiger partial charge in [0.05, 0.1) is 34.1 Å². The minimum atomic E-state index is -0.631. The molecule has 4 N–H and O–H groups in total. The van der Waals surface area contributed by atoms with Gasteiger partial charge in [0, 0.05) is 78.2 Å². The molecule has 5 aromatic rings. The first-order valence-corrected chi connectivity index (χ1v) is 17.4. The minimum Gasteiger partial charge on any atom is -0.481 e. The molecule has 10 nitrogen and oxygen atoms in total. The molecule has 258 valence electrons. The van der Waals surface area contributed by atoms with Crippen LogP contribution in [0, 0.1) is 0 Å². The summed E-state index contributed by atoms with van der Waals surface area (Å²) in [5, 5.41) is 20.8. The zero-order valence-corrected chi connectivity index (χ0v) is 29.3. The Bertz CT molecular complexity index is 2140. The van der Waals surface area contributed by atoms with Gasteiger partial charge in [-0.25, -0.2) is 9.97 Å². The van der Waals surface area contributed by atoms with E-state index >= 15 is 0 Å². The van der Waals surface area contributed by atoms with Crippen LogP contribution in [0.1, 0.15) is 43.9 Å². The van der Waals surface area contributed by atoms with Gasteiger partial charge >= 0.3 is 0 Å². The lowest BCUT2D eigenvalue weighted by atomic mass is 9.77. The quantitative estimate of drug-likeness (QED) is 0.136. The Morgan fingerprint density at radius 3 is 2.38 bits per heavy atom. The molecule has 1 amide bonds. The molecule has 0 unspecified atom stereocenters. The fraction of sp³-hybridized carbons (Fsp3) is 0.316. The third-order valence-electron chi connectivity index (χ3n) is 9.46. The number of hydrogen-bond donors (Lipinski definition) is 4. The maximum Gasteiger partial charge on any atom is 0.258 e. The lowest BCUT2D eigenvalue weighted by Gasteiger charge is -2.41. The van der Waals surface area contributed by atoms with Gasteiger partial charge in [0.2, 0.25) is 11.8 Å². The SMILES string of the molecule is COc1nc(-c2cccc(-c3cccc(-c4ccn5c(=O)cc(CNC6CC(C)(O)C6)nc5c4)c3Cl)c2Cl)ccc1CNC[C@H]1CCC(=O)N1. The number of pyridine rings is 2. The van der Waals surface area contributed by atoms with Gasteiger partial charge in [-0.2, -0.15) is 0 Å². The van der Waals surface area contributed by atoms with Crippen molar-refractivity contribution in [2.45, 2.75) is 63.4 Å². The molecule has 0 radical (unpaired) electrons. The van der Waals surface area contributed by atoms with E-state index < -0.39 is 5.60 Å². The summed E-state index contributed by atoms with van der Waals surface area (Å²) < 4.78 is 7.16. The Labute approximate surface area is 299 Å². The van der Waals surface area contributed by atoms with E-state index in [2.05, 4.69) is 16.0 Å². The molecule has 0 spiro atoms. The molecule has 4 heterocycles. The summed E-state index contributed by atoms with van der Waals surface area (Å²) in [5.41, 5.74) is 5.72. The number of nitrogens with one attached hydrogen (secondary N) is 3. The number of halogens is 2. The molecule has 1 aliphatic carbocycles. The highest BCUT2D eigenvalue weighted by atomic mass is 35.5. The zero-order valence-electron chi connectivity index (χ0n) is 27.8. The first-order chi connectivity index (χ1) is 24.1. The Hall–Kier alpha value is -4.32. The highest BCUT2D eigenvalue weighted by Crippen LogP contribution is 2.42. The molecule has 7 rings (SSSR count). The monoisotopic (exact) mass is 712 g/mol. The molecule has 3 aromatic heterocycles. The largest absolute Gasteiger partial charge is 0.481 e. The normalized spacial score (nSPS) is 20.1. The topological polar surface area (TPSA) is 130 Å². The Morgan fingerprint density at radius 2 is 1.68 bits per heavy atom. The number of amides is 1.